The number of hydrogen-bond donors (Lipinski definition) is 1. The van der Waals surface area contributed by atoms with Crippen molar-refractivity contribution in [3.63, 3.8) is 0 Å². The smallest absolute Gasteiger partial charge is 0.407 e. The van der Waals surface area contributed by atoms with E-state index in [1.165, 1.54) is 0 Å². The fraction of sp³-hybridized carbons (Fsp3) is 0.636. The minimum atomic E-state index is -0.471. The van der Waals surface area contributed by atoms with Crippen molar-refractivity contribution >= 4 is 28.7 Å². The van der Waals surface area contributed by atoms with Gasteiger partial charge in [-0.15, -0.1) is 0 Å². The monoisotopic (exact) mass is 352 g/mol. The third-order valence-electron chi connectivity index (χ3n) is 1.74. The minimum Gasteiger partial charge on any atom is -0.449 e. The van der Waals surface area contributed by atoms with Crippen LogP contribution in [0.1, 0.15) is 32.4 Å². The second-order valence-electron chi connectivity index (χ2n) is 4.54. The predicted molar refractivity (Wildman–Crippen MR) is 72.2 cm³/mol. The largest absolute Gasteiger partial charge is 0.449 e. The Morgan fingerprint density at radius 2 is 2.29 bits per heavy atom. The van der Waals surface area contributed by atoms with Crippen LogP contribution in [0.3, 0.4) is 0 Å². The number of oxazole rings is 1. The Hall–Kier alpha value is -0.790. The summed E-state index contributed by atoms with van der Waals surface area (Å²) in [5, 5.41) is 2.65. The molecule has 0 spiro atoms. The number of aromatic nitrogens is 1. The lowest BCUT2D eigenvalue weighted by Crippen LogP contribution is -2.33. The molecule has 1 amide bonds. The Balaban J connectivity index is 2.26. The van der Waals surface area contributed by atoms with Crippen LogP contribution in [0.25, 0.3) is 0 Å². The second kappa shape index (κ2) is 6.23. The first-order valence-corrected chi connectivity index (χ1v) is 6.89. The summed E-state index contributed by atoms with van der Waals surface area (Å²) in [6.45, 7) is 5.93. The molecule has 0 unspecified atom stereocenters. The van der Waals surface area contributed by atoms with Gasteiger partial charge in [0.1, 0.15) is 11.9 Å². The predicted octanol–water partition coefficient (Wildman–Crippen LogP) is 2.68. The van der Waals surface area contributed by atoms with Gasteiger partial charge in [0.15, 0.2) is 5.89 Å². The second-order valence-corrected chi connectivity index (χ2v) is 5.31. The summed E-state index contributed by atoms with van der Waals surface area (Å²) in [6.07, 6.45) is 1.78. The van der Waals surface area contributed by atoms with E-state index in [1.807, 2.05) is 20.8 Å². The standard InChI is InChI=1S/C11H17IN2O3/c1-11(2,3)17-10(15)13-5-4-9-14-8(6-12)7-16-9/h7H,4-6H2,1-3H3,(H,13,15). The van der Waals surface area contributed by atoms with Gasteiger partial charge < -0.3 is 14.5 Å². The van der Waals surface area contributed by atoms with Crippen molar-refractivity contribution in [1.82, 2.24) is 10.3 Å². The third-order valence-corrected chi connectivity index (χ3v) is 2.52. The molecule has 0 atom stereocenters. The van der Waals surface area contributed by atoms with E-state index in [9.17, 15) is 4.79 Å². The molecule has 1 aromatic heterocycles. The highest BCUT2D eigenvalue weighted by atomic mass is 127. The van der Waals surface area contributed by atoms with E-state index in [0.29, 0.717) is 18.9 Å². The molecule has 1 N–H and O–H groups in total. The number of hydrogen-bond acceptors (Lipinski definition) is 4. The van der Waals surface area contributed by atoms with Gasteiger partial charge >= 0.3 is 6.09 Å². The summed E-state index contributed by atoms with van der Waals surface area (Å²) in [5.74, 6) is 0.632. The number of carbonyl (C=O) groups excluding carboxylic acids is 1. The summed E-state index contributed by atoms with van der Waals surface area (Å²) < 4.78 is 11.2. The number of rotatable bonds is 4. The van der Waals surface area contributed by atoms with Crippen molar-refractivity contribution in [3.8, 4) is 0 Å². The van der Waals surface area contributed by atoms with Crippen LogP contribution in [-0.4, -0.2) is 23.2 Å². The normalized spacial score (nSPS) is 11.3. The fourth-order valence-corrected chi connectivity index (χ4v) is 1.46. The molecule has 0 fully saturated rings. The molecule has 1 rings (SSSR count). The molecule has 0 bridgehead atoms. The highest BCUT2D eigenvalue weighted by Crippen LogP contribution is 2.07. The van der Waals surface area contributed by atoms with E-state index in [2.05, 4.69) is 32.9 Å². The van der Waals surface area contributed by atoms with Gasteiger partial charge in [0, 0.05) is 17.4 Å². The van der Waals surface area contributed by atoms with E-state index in [4.69, 9.17) is 9.15 Å². The van der Waals surface area contributed by atoms with Gasteiger partial charge in [-0.1, -0.05) is 22.6 Å². The van der Waals surface area contributed by atoms with Gasteiger partial charge in [-0.25, -0.2) is 9.78 Å². The zero-order valence-corrected chi connectivity index (χ0v) is 12.4. The number of amides is 1. The van der Waals surface area contributed by atoms with Crippen molar-refractivity contribution in [1.29, 1.82) is 0 Å². The molecule has 0 aliphatic rings. The first-order valence-electron chi connectivity index (χ1n) is 5.37. The van der Waals surface area contributed by atoms with Crippen molar-refractivity contribution in [2.45, 2.75) is 37.2 Å². The Morgan fingerprint density at radius 1 is 1.59 bits per heavy atom. The van der Waals surface area contributed by atoms with Gasteiger partial charge in [-0.05, 0) is 20.8 Å². The molecule has 5 nitrogen and oxygen atoms in total. The lowest BCUT2D eigenvalue weighted by molar-refractivity contribution is 0.0528. The van der Waals surface area contributed by atoms with E-state index in [0.717, 1.165) is 10.1 Å². The van der Waals surface area contributed by atoms with Crippen molar-refractivity contribution in [2.24, 2.45) is 0 Å². The van der Waals surface area contributed by atoms with Gasteiger partial charge in [0.05, 0.1) is 5.69 Å². The van der Waals surface area contributed by atoms with Crippen molar-refractivity contribution in [3.05, 3.63) is 17.8 Å². The van der Waals surface area contributed by atoms with Crippen molar-refractivity contribution in [2.75, 3.05) is 6.54 Å². The summed E-state index contributed by atoms with van der Waals surface area (Å²) in [7, 11) is 0. The highest BCUT2D eigenvalue weighted by Gasteiger charge is 2.15. The highest BCUT2D eigenvalue weighted by molar-refractivity contribution is 14.1. The maximum absolute atomic E-state index is 11.3. The molecule has 1 heterocycles. The lowest BCUT2D eigenvalue weighted by atomic mass is 10.2. The Morgan fingerprint density at radius 3 is 2.82 bits per heavy atom. The zero-order chi connectivity index (χ0) is 12.9. The summed E-state index contributed by atoms with van der Waals surface area (Å²) in [5.41, 5.74) is 0.444. The van der Waals surface area contributed by atoms with Crippen LogP contribution < -0.4 is 5.32 Å². The molecular weight excluding hydrogens is 335 g/mol. The molecule has 0 aromatic carbocycles. The van der Waals surface area contributed by atoms with E-state index >= 15 is 0 Å². The molecule has 0 saturated carbocycles. The number of alkyl halides is 1. The van der Waals surface area contributed by atoms with Gasteiger partial charge in [0.25, 0.3) is 0 Å². The lowest BCUT2D eigenvalue weighted by Gasteiger charge is -2.19. The topological polar surface area (TPSA) is 64.4 Å². The molecular formula is C11H17IN2O3. The molecule has 0 aliphatic carbocycles. The molecule has 1 aromatic rings. The number of ether oxygens (including phenoxy) is 1. The number of alkyl carbamates (subject to hydrolysis) is 1. The number of nitrogens with zero attached hydrogens (tertiary/aromatic N) is 1. The molecule has 0 saturated heterocycles. The zero-order valence-electron chi connectivity index (χ0n) is 10.2. The van der Waals surface area contributed by atoms with Crippen LogP contribution in [-0.2, 0) is 15.6 Å². The third kappa shape index (κ3) is 5.90. The maximum Gasteiger partial charge on any atom is 0.407 e. The van der Waals surface area contributed by atoms with Gasteiger partial charge in [0.2, 0.25) is 0 Å². The summed E-state index contributed by atoms with van der Waals surface area (Å²) in [6, 6.07) is 0. The first kappa shape index (κ1) is 14.3. The van der Waals surface area contributed by atoms with Gasteiger partial charge in [-0.2, -0.15) is 0 Å². The molecule has 0 radical (unpaired) electrons. The molecule has 0 aliphatic heterocycles. The fourth-order valence-electron chi connectivity index (χ4n) is 1.11. The number of carbonyl (C=O) groups is 1. The van der Waals surface area contributed by atoms with Crippen molar-refractivity contribution < 1.29 is 13.9 Å². The Kier molecular flexibility index (Phi) is 5.23. The van der Waals surface area contributed by atoms with E-state index in [1.54, 1.807) is 6.26 Å². The first-order chi connectivity index (χ1) is 7.90. The van der Waals surface area contributed by atoms with Gasteiger partial charge in [-0.3, -0.25) is 0 Å². The maximum atomic E-state index is 11.3. The van der Waals surface area contributed by atoms with Crippen LogP contribution in [0.2, 0.25) is 0 Å². The Labute approximate surface area is 114 Å². The van der Waals surface area contributed by atoms with Crippen LogP contribution in [0, 0.1) is 0 Å². The van der Waals surface area contributed by atoms with E-state index in [-0.39, 0.29) is 0 Å². The number of halogens is 1. The van der Waals surface area contributed by atoms with Crippen LogP contribution >= 0.6 is 22.6 Å². The van der Waals surface area contributed by atoms with Crippen LogP contribution in [0.15, 0.2) is 10.7 Å². The summed E-state index contributed by atoms with van der Waals surface area (Å²) >= 11 is 2.22. The number of nitrogens with one attached hydrogen (secondary N) is 1. The molecule has 17 heavy (non-hydrogen) atoms. The Bertz CT molecular complexity index is 371. The average Bonchev–Trinajstić information content (AvgIpc) is 2.63. The SMILES string of the molecule is CC(C)(C)OC(=O)NCCc1nc(CI)co1. The minimum absolute atomic E-state index is 0.418. The molecule has 96 valence electrons. The summed E-state index contributed by atoms with van der Waals surface area (Å²) in [4.78, 5) is 15.6. The van der Waals surface area contributed by atoms with Crippen LogP contribution in [0.5, 0.6) is 0 Å². The average molecular weight is 352 g/mol. The quantitative estimate of drug-likeness (QED) is 0.669. The van der Waals surface area contributed by atoms with Crippen LogP contribution in [0.4, 0.5) is 4.79 Å². The molecule has 6 heteroatoms. The van der Waals surface area contributed by atoms with E-state index < -0.39 is 11.7 Å².